The van der Waals surface area contributed by atoms with Crippen molar-refractivity contribution in [2.45, 2.75) is 20.3 Å². The molecule has 35 heavy (non-hydrogen) atoms. The largest absolute Gasteiger partial charge is 0.390 e. The predicted octanol–water partition coefficient (Wildman–Crippen LogP) is 3.28. The molecule has 0 aliphatic carbocycles. The Morgan fingerprint density at radius 2 is 2.06 bits per heavy atom. The first-order valence-corrected chi connectivity index (χ1v) is 11.3. The molecular weight excluding hydrogens is 458 g/mol. The van der Waals surface area contributed by atoms with Gasteiger partial charge in [-0.25, -0.2) is 13.8 Å². The molecule has 190 valence electrons. The molecule has 2 rings (SSSR count). The number of halogens is 2. The fraction of sp³-hybridized carbons (Fsp3) is 0.417. The van der Waals surface area contributed by atoms with Crippen LogP contribution in [0, 0.1) is 22.5 Å². The van der Waals surface area contributed by atoms with E-state index in [1.54, 1.807) is 12.2 Å². The number of nitroso groups, excluding NO2 is 1. The number of nitrogens with zero attached hydrogens (tertiary/aromatic N) is 3. The maximum Gasteiger partial charge on any atom is 0.247 e. The zero-order chi connectivity index (χ0) is 25.6. The van der Waals surface area contributed by atoms with Crippen molar-refractivity contribution in [1.29, 1.82) is 0 Å². The molecule has 11 heteroatoms. The van der Waals surface area contributed by atoms with Crippen LogP contribution >= 0.6 is 0 Å². The number of amides is 1. The molecule has 1 fully saturated rings. The third kappa shape index (κ3) is 9.75. The number of carbonyl (C=O) groups is 1. The van der Waals surface area contributed by atoms with Crippen LogP contribution in [0.5, 0.6) is 0 Å². The van der Waals surface area contributed by atoms with Crippen LogP contribution in [0.15, 0.2) is 63.7 Å². The predicted molar refractivity (Wildman–Crippen MR) is 132 cm³/mol. The monoisotopic (exact) mass is 490 g/mol. The molecule has 1 aliphatic rings. The molecule has 0 bridgehead atoms. The number of hydrogen-bond donors (Lipinski definition) is 3. The van der Waals surface area contributed by atoms with Crippen molar-refractivity contribution >= 4 is 17.9 Å². The minimum Gasteiger partial charge on any atom is -0.390 e. The van der Waals surface area contributed by atoms with Crippen LogP contribution in [-0.2, 0) is 9.53 Å². The Morgan fingerprint density at radius 1 is 1.26 bits per heavy atom. The molecule has 4 N–H and O–H groups in total. The Labute approximate surface area is 203 Å². The Kier molecular flexibility index (Phi) is 11.7. The zero-order valence-electron chi connectivity index (χ0n) is 20.0. The summed E-state index contributed by atoms with van der Waals surface area (Å²) in [6.07, 6.45) is 6.71. The number of anilines is 1. The smallest absolute Gasteiger partial charge is 0.247 e. The third-order valence-electron chi connectivity index (χ3n) is 5.08. The number of nitrogens with one attached hydrogen (secondary N) is 2. The maximum atomic E-state index is 13.7. The van der Waals surface area contributed by atoms with E-state index in [1.807, 2.05) is 13.8 Å². The summed E-state index contributed by atoms with van der Waals surface area (Å²) in [5.41, 5.74) is 6.55. The zero-order valence-corrected chi connectivity index (χ0v) is 20.0. The highest BCUT2D eigenvalue weighted by Crippen LogP contribution is 2.22. The first kappa shape index (κ1) is 27.8. The summed E-state index contributed by atoms with van der Waals surface area (Å²) in [6, 6.07) is 3.32. The summed E-state index contributed by atoms with van der Waals surface area (Å²) in [7, 11) is 0. The highest BCUT2D eigenvalue weighted by atomic mass is 19.2. The van der Waals surface area contributed by atoms with E-state index in [-0.39, 0.29) is 29.7 Å². The van der Waals surface area contributed by atoms with Crippen LogP contribution in [-0.4, -0.2) is 56.5 Å². The van der Waals surface area contributed by atoms with Crippen molar-refractivity contribution in [2.75, 3.05) is 44.7 Å². The minimum absolute atomic E-state index is 0.147. The van der Waals surface area contributed by atoms with E-state index in [2.05, 4.69) is 25.7 Å². The lowest BCUT2D eigenvalue weighted by atomic mass is 10.0. The lowest BCUT2D eigenvalue weighted by molar-refractivity contribution is -0.115. The molecular formula is C24H32F2N6O3. The molecule has 0 unspecified atom stereocenters. The Morgan fingerprint density at radius 3 is 2.74 bits per heavy atom. The molecule has 1 aromatic carbocycles. The van der Waals surface area contributed by atoms with Crippen molar-refractivity contribution < 1.29 is 18.3 Å². The van der Waals surface area contributed by atoms with Gasteiger partial charge in [0, 0.05) is 49.8 Å². The molecule has 0 aromatic heterocycles. The summed E-state index contributed by atoms with van der Waals surface area (Å²) in [4.78, 5) is 29.8. The average Bonchev–Trinajstić information content (AvgIpc) is 3.08. The third-order valence-corrected chi connectivity index (χ3v) is 5.08. The molecule has 1 aliphatic heterocycles. The van der Waals surface area contributed by atoms with Gasteiger partial charge in [0.05, 0.1) is 12.9 Å². The van der Waals surface area contributed by atoms with Gasteiger partial charge >= 0.3 is 0 Å². The number of rotatable bonds is 11. The molecule has 0 saturated carbocycles. The van der Waals surface area contributed by atoms with E-state index in [9.17, 15) is 18.5 Å². The molecule has 9 nitrogen and oxygen atoms in total. The van der Waals surface area contributed by atoms with Crippen molar-refractivity contribution in [1.82, 2.24) is 10.2 Å². The van der Waals surface area contributed by atoms with Crippen LogP contribution in [0.2, 0.25) is 0 Å². The van der Waals surface area contributed by atoms with Gasteiger partial charge in [0.2, 0.25) is 5.91 Å². The SMILES string of the molecule is CC(C)C(/C=C(\CN=O)NC(=O)/C=C/CN1CCCOCC1)=C(\N=C/N)Nc1ccc(F)c(F)c1. The summed E-state index contributed by atoms with van der Waals surface area (Å²) in [6.45, 7) is 7.13. The van der Waals surface area contributed by atoms with Crippen LogP contribution in [0.3, 0.4) is 0 Å². The van der Waals surface area contributed by atoms with Crippen LogP contribution in [0.25, 0.3) is 0 Å². The summed E-state index contributed by atoms with van der Waals surface area (Å²) < 4.78 is 32.4. The van der Waals surface area contributed by atoms with Crippen molar-refractivity contribution in [3.63, 3.8) is 0 Å². The first-order valence-electron chi connectivity index (χ1n) is 11.3. The number of carbonyl (C=O) groups excluding carboxylic acids is 1. The second kappa shape index (κ2) is 14.7. The lowest BCUT2D eigenvalue weighted by Gasteiger charge is -2.16. The summed E-state index contributed by atoms with van der Waals surface area (Å²) in [5, 5.41) is 8.48. The average molecular weight is 491 g/mol. The van der Waals surface area contributed by atoms with Crippen molar-refractivity contribution in [3.05, 3.63) is 70.1 Å². The minimum atomic E-state index is -1.02. The number of benzene rings is 1. The van der Waals surface area contributed by atoms with E-state index in [0.717, 1.165) is 44.6 Å². The Bertz CT molecular complexity index is 983. The van der Waals surface area contributed by atoms with E-state index in [1.165, 1.54) is 12.1 Å². The lowest BCUT2D eigenvalue weighted by Crippen LogP contribution is -2.27. The quantitative estimate of drug-likeness (QED) is 0.144. The molecule has 0 atom stereocenters. The van der Waals surface area contributed by atoms with Gasteiger partial charge in [-0.05, 0) is 36.1 Å². The fourth-order valence-electron chi connectivity index (χ4n) is 3.34. The summed E-state index contributed by atoms with van der Waals surface area (Å²) >= 11 is 0. The maximum absolute atomic E-state index is 13.7. The van der Waals surface area contributed by atoms with Gasteiger partial charge in [-0.2, -0.15) is 4.91 Å². The van der Waals surface area contributed by atoms with Crippen molar-refractivity contribution in [3.8, 4) is 0 Å². The number of nitrogens with two attached hydrogens (primary N) is 1. The standard InChI is InChI=1S/C24H32F2N6O3/c1-17(2)20(24(28-16-27)31-18-6-7-21(25)22(26)14-18)13-19(15-29-34)30-23(33)5-3-8-32-9-4-11-35-12-10-32/h3,5-7,13-14,16-17,31H,4,8-12,15H2,1-2H3,(H2,27,28)(H,30,33)/b5-3+,19-13+,24-20+. The molecule has 0 radical (unpaired) electrons. The van der Waals surface area contributed by atoms with Gasteiger partial charge in [-0.15, -0.1) is 0 Å². The van der Waals surface area contributed by atoms with Gasteiger partial charge in [0.25, 0.3) is 0 Å². The number of aliphatic imine (C=N–C) groups is 1. The molecule has 1 heterocycles. The van der Waals surface area contributed by atoms with E-state index < -0.39 is 17.5 Å². The number of ether oxygens (including phenoxy) is 1. The van der Waals surface area contributed by atoms with Gasteiger partial charge in [-0.3, -0.25) is 9.69 Å². The second-order valence-electron chi connectivity index (χ2n) is 8.11. The topological polar surface area (TPSA) is 121 Å². The van der Waals surface area contributed by atoms with Gasteiger partial charge < -0.3 is 21.1 Å². The Balaban J connectivity index is 2.22. The van der Waals surface area contributed by atoms with Crippen LogP contribution in [0.4, 0.5) is 14.5 Å². The highest BCUT2D eigenvalue weighted by molar-refractivity contribution is 5.89. The van der Waals surface area contributed by atoms with Crippen LogP contribution < -0.4 is 16.4 Å². The highest BCUT2D eigenvalue weighted by Gasteiger charge is 2.13. The van der Waals surface area contributed by atoms with E-state index in [0.29, 0.717) is 18.7 Å². The van der Waals surface area contributed by atoms with E-state index >= 15 is 0 Å². The van der Waals surface area contributed by atoms with Crippen LogP contribution in [0.1, 0.15) is 20.3 Å². The number of allylic oxidation sites excluding steroid dienone is 2. The molecule has 0 spiro atoms. The van der Waals surface area contributed by atoms with E-state index in [4.69, 9.17) is 10.5 Å². The second-order valence-corrected chi connectivity index (χ2v) is 8.11. The molecule has 1 amide bonds. The fourth-order valence-corrected chi connectivity index (χ4v) is 3.34. The normalized spacial score (nSPS) is 16.4. The van der Waals surface area contributed by atoms with Gasteiger partial charge in [0.1, 0.15) is 12.4 Å². The molecule has 1 saturated heterocycles. The first-order chi connectivity index (χ1) is 16.8. The molecule has 1 aromatic rings. The van der Waals surface area contributed by atoms with Crippen molar-refractivity contribution in [2.24, 2.45) is 21.8 Å². The van der Waals surface area contributed by atoms with Gasteiger partial charge in [-0.1, -0.05) is 25.1 Å². The van der Waals surface area contributed by atoms with Gasteiger partial charge in [0.15, 0.2) is 11.6 Å². The number of hydrogen-bond acceptors (Lipinski definition) is 7. The Hall–Kier alpha value is -3.44. The summed E-state index contributed by atoms with van der Waals surface area (Å²) in [5.74, 6) is -2.32.